The number of aromatic amines is 1. The Morgan fingerprint density at radius 2 is 1.97 bits per heavy atom. The van der Waals surface area contributed by atoms with Gasteiger partial charge in [-0.1, -0.05) is 13.0 Å². The van der Waals surface area contributed by atoms with Crippen molar-refractivity contribution in [2.24, 2.45) is 0 Å². The fraction of sp³-hybridized carbons (Fsp3) is 0.360. The van der Waals surface area contributed by atoms with Crippen molar-refractivity contribution in [3.63, 3.8) is 0 Å². The zero-order valence-electron chi connectivity index (χ0n) is 20.3. The molecule has 0 saturated heterocycles. The Bertz CT molecular complexity index is 1540. The van der Waals surface area contributed by atoms with Gasteiger partial charge in [0.1, 0.15) is 17.2 Å². The number of fused-ring (bicyclic) bond motifs is 2. The maximum Gasteiger partial charge on any atom is 0.428 e. The van der Waals surface area contributed by atoms with E-state index in [1.165, 1.54) is 30.6 Å². The van der Waals surface area contributed by atoms with Gasteiger partial charge in [0.2, 0.25) is 5.60 Å². The van der Waals surface area contributed by atoms with Crippen LogP contribution in [-0.2, 0) is 16.8 Å². The number of aliphatic hydroxyl groups is 1. The fourth-order valence-electron chi connectivity index (χ4n) is 4.30. The third-order valence-corrected chi connectivity index (χ3v) is 5.79. The van der Waals surface area contributed by atoms with E-state index in [9.17, 15) is 23.1 Å². The number of hydrogen-bond donors (Lipinski definition) is 2. The number of carbonyl (C=O) groups is 1. The van der Waals surface area contributed by atoms with Crippen LogP contribution in [0.5, 0.6) is 0 Å². The van der Waals surface area contributed by atoms with E-state index in [0.29, 0.717) is 5.56 Å². The first-order chi connectivity index (χ1) is 16.7. The normalized spacial score (nSPS) is 14.1. The largest absolute Gasteiger partial charge is 0.443 e. The summed E-state index contributed by atoms with van der Waals surface area (Å²) in [7, 11) is 0. The standard InChI is InChI=1S/C25H24F3N5O3/c1-6-15-9-13(2)19-16(7-8-33(19)22(34)36-23(3,4)5)18(15)24(35,25(26,27)28)21-31-17-10-14(11-29)12-30-20(17)32-21/h7-10,12,35H,6H2,1-5H3,(H,30,31,32). The zero-order valence-corrected chi connectivity index (χ0v) is 20.3. The van der Waals surface area contributed by atoms with Crippen LogP contribution in [0.4, 0.5) is 18.0 Å². The summed E-state index contributed by atoms with van der Waals surface area (Å²) in [6.45, 7) is 8.39. The molecule has 0 radical (unpaired) electrons. The maximum absolute atomic E-state index is 14.8. The predicted octanol–water partition coefficient (Wildman–Crippen LogP) is 5.24. The Hall–Kier alpha value is -3.91. The number of nitrogens with one attached hydrogen (secondary N) is 1. The molecule has 11 heteroatoms. The first kappa shape index (κ1) is 25.2. The number of H-pyrrole nitrogens is 1. The monoisotopic (exact) mass is 499 g/mol. The molecule has 0 amide bonds. The van der Waals surface area contributed by atoms with Crippen molar-refractivity contribution in [2.45, 2.75) is 58.4 Å². The number of hydrogen-bond acceptors (Lipinski definition) is 6. The molecule has 3 heterocycles. The van der Waals surface area contributed by atoms with Crippen molar-refractivity contribution < 1.29 is 27.8 Å². The van der Waals surface area contributed by atoms with Gasteiger partial charge in [-0.25, -0.2) is 14.8 Å². The Morgan fingerprint density at radius 1 is 1.28 bits per heavy atom. The van der Waals surface area contributed by atoms with Crippen LogP contribution in [0.1, 0.15) is 55.8 Å². The number of imidazole rings is 1. The van der Waals surface area contributed by atoms with Gasteiger partial charge in [0.15, 0.2) is 11.5 Å². The summed E-state index contributed by atoms with van der Waals surface area (Å²) < 4.78 is 51.0. The lowest BCUT2D eigenvalue weighted by Crippen LogP contribution is -2.45. The second-order valence-corrected chi connectivity index (χ2v) is 9.51. The molecular formula is C25H24F3N5O3. The van der Waals surface area contributed by atoms with Gasteiger partial charge < -0.3 is 14.8 Å². The Kier molecular flexibility index (Phi) is 5.84. The number of benzene rings is 1. The summed E-state index contributed by atoms with van der Waals surface area (Å²) in [5.74, 6) is -0.794. The molecule has 0 saturated carbocycles. The van der Waals surface area contributed by atoms with Gasteiger partial charge in [-0.05, 0) is 57.4 Å². The Balaban J connectivity index is 2.05. The number of aryl methyl sites for hydroxylation is 2. The third-order valence-electron chi connectivity index (χ3n) is 5.79. The van der Waals surface area contributed by atoms with Crippen LogP contribution in [0.2, 0.25) is 0 Å². The highest BCUT2D eigenvalue weighted by molar-refractivity contribution is 5.95. The average Bonchev–Trinajstić information content (AvgIpc) is 3.41. The maximum atomic E-state index is 14.8. The van der Waals surface area contributed by atoms with Crippen LogP contribution in [0.25, 0.3) is 22.1 Å². The number of alkyl halides is 3. The first-order valence-corrected chi connectivity index (χ1v) is 11.1. The number of pyridine rings is 1. The van der Waals surface area contributed by atoms with E-state index in [1.54, 1.807) is 34.6 Å². The van der Waals surface area contributed by atoms with Gasteiger partial charge in [-0.3, -0.25) is 4.57 Å². The number of nitrogens with zero attached hydrogens (tertiary/aromatic N) is 4. The van der Waals surface area contributed by atoms with Gasteiger partial charge in [0.25, 0.3) is 0 Å². The van der Waals surface area contributed by atoms with Crippen LogP contribution in [-0.4, -0.2) is 42.5 Å². The highest BCUT2D eigenvalue weighted by atomic mass is 19.4. The zero-order chi connectivity index (χ0) is 26.6. The number of aromatic nitrogens is 4. The Morgan fingerprint density at radius 3 is 2.56 bits per heavy atom. The van der Waals surface area contributed by atoms with Crippen LogP contribution in [0, 0.1) is 18.3 Å². The van der Waals surface area contributed by atoms with Crippen molar-refractivity contribution in [3.8, 4) is 6.07 Å². The van der Waals surface area contributed by atoms with Crippen molar-refractivity contribution >= 4 is 28.2 Å². The molecule has 0 aliphatic rings. The lowest BCUT2D eigenvalue weighted by atomic mass is 9.83. The quantitative estimate of drug-likeness (QED) is 0.398. The van der Waals surface area contributed by atoms with Crippen molar-refractivity contribution in [1.82, 2.24) is 19.5 Å². The van der Waals surface area contributed by atoms with Crippen molar-refractivity contribution in [3.05, 3.63) is 58.7 Å². The molecular weight excluding hydrogens is 475 g/mol. The molecule has 8 nitrogen and oxygen atoms in total. The van der Waals surface area contributed by atoms with E-state index >= 15 is 0 Å². The molecule has 36 heavy (non-hydrogen) atoms. The van der Waals surface area contributed by atoms with Crippen LogP contribution in [0.3, 0.4) is 0 Å². The molecule has 1 aromatic carbocycles. The highest BCUT2D eigenvalue weighted by Gasteiger charge is 2.60. The number of ether oxygens (including phenoxy) is 1. The minimum Gasteiger partial charge on any atom is -0.443 e. The molecule has 4 rings (SSSR count). The summed E-state index contributed by atoms with van der Waals surface area (Å²) in [6, 6.07) is 6.01. The molecule has 0 aliphatic heterocycles. The summed E-state index contributed by atoms with van der Waals surface area (Å²) in [4.78, 5) is 23.3. The third kappa shape index (κ3) is 3.97. The van der Waals surface area contributed by atoms with Crippen molar-refractivity contribution in [1.29, 1.82) is 5.26 Å². The molecule has 3 aromatic heterocycles. The van der Waals surface area contributed by atoms with Crippen LogP contribution < -0.4 is 0 Å². The predicted molar refractivity (Wildman–Crippen MR) is 125 cm³/mol. The summed E-state index contributed by atoms with van der Waals surface area (Å²) in [6.07, 6.45) is -3.29. The lowest BCUT2D eigenvalue weighted by Gasteiger charge is -2.32. The van der Waals surface area contributed by atoms with Crippen LogP contribution in [0.15, 0.2) is 30.6 Å². The average molecular weight is 499 g/mol. The smallest absolute Gasteiger partial charge is 0.428 e. The molecule has 4 aromatic rings. The minimum atomic E-state index is -5.21. The number of nitriles is 1. The SMILES string of the molecule is CCc1cc(C)c2c(ccn2C(=O)OC(C)(C)C)c1C(O)(c1nc2cc(C#N)cnc2[nH]1)C(F)(F)F. The topological polar surface area (TPSA) is 117 Å². The lowest BCUT2D eigenvalue weighted by molar-refractivity contribution is -0.250. The fourth-order valence-corrected chi connectivity index (χ4v) is 4.30. The number of halogens is 3. The summed E-state index contributed by atoms with van der Waals surface area (Å²) in [5, 5.41) is 20.7. The minimum absolute atomic E-state index is 0.000505. The molecule has 0 fully saturated rings. The van der Waals surface area contributed by atoms with Crippen LogP contribution >= 0.6 is 0 Å². The molecule has 0 spiro atoms. The second kappa shape index (κ2) is 8.34. The van der Waals surface area contributed by atoms with E-state index in [4.69, 9.17) is 10.00 Å². The molecule has 1 atom stereocenters. The second-order valence-electron chi connectivity index (χ2n) is 9.51. The van der Waals surface area contributed by atoms with E-state index < -0.39 is 34.9 Å². The van der Waals surface area contributed by atoms with E-state index in [0.717, 1.165) is 4.57 Å². The number of rotatable bonds is 3. The van der Waals surface area contributed by atoms with Gasteiger partial charge in [-0.15, -0.1) is 0 Å². The van der Waals surface area contributed by atoms with E-state index in [-0.39, 0.29) is 39.6 Å². The molecule has 1 unspecified atom stereocenters. The van der Waals surface area contributed by atoms with E-state index in [2.05, 4.69) is 15.0 Å². The van der Waals surface area contributed by atoms with E-state index in [1.807, 2.05) is 6.07 Å². The van der Waals surface area contributed by atoms with Gasteiger partial charge in [-0.2, -0.15) is 18.4 Å². The summed E-state index contributed by atoms with van der Waals surface area (Å²) in [5.41, 5.74) is -3.80. The molecule has 2 N–H and O–H groups in total. The Labute approximate surface area is 204 Å². The van der Waals surface area contributed by atoms with Gasteiger partial charge >= 0.3 is 12.3 Å². The highest BCUT2D eigenvalue weighted by Crippen LogP contribution is 2.48. The number of carbonyl (C=O) groups excluding carboxylic acids is 1. The van der Waals surface area contributed by atoms with Crippen molar-refractivity contribution in [2.75, 3.05) is 0 Å². The van der Waals surface area contributed by atoms with Gasteiger partial charge in [0.05, 0.1) is 11.1 Å². The molecule has 188 valence electrons. The van der Waals surface area contributed by atoms with Gasteiger partial charge in [0, 0.05) is 23.3 Å². The molecule has 0 aliphatic carbocycles. The first-order valence-electron chi connectivity index (χ1n) is 11.1. The molecule has 0 bridgehead atoms. The summed E-state index contributed by atoms with van der Waals surface area (Å²) >= 11 is 0.